The van der Waals surface area contributed by atoms with Gasteiger partial charge in [0.25, 0.3) is 0 Å². The van der Waals surface area contributed by atoms with Gasteiger partial charge in [-0.05, 0) is 56.6 Å². The molecule has 0 radical (unpaired) electrons. The monoisotopic (exact) mass is 551 g/mol. The van der Waals surface area contributed by atoms with Crippen LogP contribution in [0, 0.1) is 11.3 Å². The highest BCUT2D eigenvalue weighted by molar-refractivity contribution is 5.95. The Morgan fingerprint density at radius 2 is 1.98 bits per heavy atom. The van der Waals surface area contributed by atoms with E-state index in [1.54, 1.807) is 6.20 Å². The Hall–Kier alpha value is -3.87. The Morgan fingerprint density at radius 1 is 1.10 bits per heavy atom. The van der Waals surface area contributed by atoms with Gasteiger partial charge in [-0.25, -0.2) is 0 Å². The van der Waals surface area contributed by atoms with Crippen LogP contribution in [-0.2, 0) is 11.3 Å². The van der Waals surface area contributed by atoms with Gasteiger partial charge in [-0.2, -0.15) is 5.26 Å². The number of benzene rings is 2. The van der Waals surface area contributed by atoms with Crippen LogP contribution in [0.15, 0.2) is 48.7 Å². The highest BCUT2D eigenvalue weighted by atomic mass is 16.5. The van der Waals surface area contributed by atoms with Crippen LogP contribution in [0.1, 0.15) is 30.9 Å². The lowest BCUT2D eigenvalue weighted by molar-refractivity contribution is -0.133. The third-order valence-corrected chi connectivity index (χ3v) is 9.31. The minimum atomic E-state index is 0.00610. The van der Waals surface area contributed by atoms with Crippen LogP contribution in [0.2, 0.25) is 0 Å². The molecule has 1 N–H and O–H groups in total. The SMILES string of the molecule is C[C@H]1CN(c2ccc(C#N)c3ncccc23)C[C@H]2COc3cc(N4CCN(C(=O)[C@@H]5CCCN5)CC4)ccc3CN21. The van der Waals surface area contributed by atoms with Gasteiger partial charge in [-0.15, -0.1) is 0 Å². The van der Waals surface area contributed by atoms with Gasteiger partial charge in [0, 0.05) is 86.4 Å². The van der Waals surface area contributed by atoms with E-state index in [0.717, 1.165) is 87.5 Å². The molecule has 7 rings (SSSR count). The van der Waals surface area contributed by atoms with E-state index in [1.165, 1.54) is 11.3 Å². The molecule has 41 heavy (non-hydrogen) atoms. The van der Waals surface area contributed by atoms with Gasteiger partial charge in [0.05, 0.1) is 23.2 Å². The summed E-state index contributed by atoms with van der Waals surface area (Å²) < 4.78 is 6.51. The number of amides is 1. The molecule has 3 atom stereocenters. The van der Waals surface area contributed by atoms with Crippen molar-refractivity contribution >= 4 is 28.2 Å². The van der Waals surface area contributed by atoms with E-state index in [4.69, 9.17) is 4.74 Å². The number of ether oxygens (including phenoxy) is 1. The third kappa shape index (κ3) is 4.85. The van der Waals surface area contributed by atoms with E-state index >= 15 is 0 Å². The maximum Gasteiger partial charge on any atom is 0.239 e. The topological polar surface area (TPSA) is 88.0 Å². The second-order valence-corrected chi connectivity index (χ2v) is 11.8. The molecule has 1 amide bonds. The first-order valence-electron chi connectivity index (χ1n) is 14.9. The van der Waals surface area contributed by atoms with E-state index < -0.39 is 0 Å². The number of carbonyl (C=O) groups is 1. The normalized spacial score (nSPS) is 24.8. The number of piperazine rings is 2. The number of nitriles is 1. The number of nitrogens with zero attached hydrogens (tertiary/aromatic N) is 6. The van der Waals surface area contributed by atoms with E-state index in [1.807, 2.05) is 17.0 Å². The Kier molecular flexibility index (Phi) is 6.89. The molecule has 0 bridgehead atoms. The average molecular weight is 552 g/mol. The number of carbonyl (C=O) groups excluding carboxylic acids is 1. The minimum absolute atomic E-state index is 0.00610. The van der Waals surface area contributed by atoms with Crippen molar-refractivity contribution in [3.63, 3.8) is 0 Å². The van der Waals surface area contributed by atoms with E-state index in [2.05, 4.69) is 68.3 Å². The summed E-state index contributed by atoms with van der Waals surface area (Å²) in [4.78, 5) is 26.8. The summed E-state index contributed by atoms with van der Waals surface area (Å²) in [7, 11) is 0. The lowest BCUT2D eigenvalue weighted by atomic mass is 10.0. The van der Waals surface area contributed by atoms with Crippen molar-refractivity contribution in [3.05, 3.63) is 59.8 Å². The van der Waals surface area contributed by atoms with Crippen LogP contribution < -0.4 is 19.9 Å². The molecule has 212 valence electrons. The minimum Gasteiger partial charge on any atom is -0.491 e. The zero-order chi connectivity index (χ0) is 27.9. The zero-order valence-corrected chi connectivity index (χ0v) is 23.6. The van der Waals surface area contributed by atoms with Crippen LogP contribution in [0.3, 0.4) is 0 Å². The molecule has 9 heteroatoms. The molecule has 0 saturated carbocycles. The molecule has 0 spiro atoms. The number of anilines is 2. The summed E-state index contributed by atoms with van der Waals surface area (Å²) in [5.41, 5.74) is 4.90. The molecule has 3 saturated heterocycles. The van der Waals surface area contributed by atoms with Gasteiger partial charge < -0.3 is 24.8 Å². The fourth-order valence-corrected chi connectivity index (χ4v) is 7.06. The second kappa shape index (κ2) is 10.8. The lowest BCUT2D eigenvalue weighted by Gasteiger charge is -2.45. The number of fused-ring (bicyclic) bond motifs is 3. The predicted molar refractivity (Wildman–Crippen MR) is 159 cm³/mol. The summed E-state index contributed by atoms with van der Waals surface area (Å²) in [5.74, 6) is 1.23. The molecule has 1 aromatic heterocycles. The van der Waals surface area contributed by atoms with Gasteiger partial charge in [0.1, 0.15) is 18.4 Å². The van der Waals surface area contributed by atoms with Crippen LogP contribution in [0.5, 0.6) is 5.75 Å². The number of hydrogen-bond donors (Lipinski definition) is 1. The quantitative estimate of drug-likeness (QED) is 0.532. The summed E-state index contributed by atoms with van der Waals surface area (Å²) in [5, 5.41) is 13.9. The summed E-state index contributed by atoms with van der Waals surface area (Å²) in [6.07, 6.45) is 3.80. The third-order valence-electron chi connectivity index (χ3n) is 9.31. The predicted octanol–water partition coefficient (Wildman–Crippen LogP) is 2.98. The van der Waals surface area contributed by atoms with Gasteiger partial charge in [0.2, 0.25) is 5.91 Å². The molecule has 0 unspecified atom stereocenters. The Bertz CT molecular complexity index is 1490. The number of nitrogens with one attached hydrogen (secondary N) is 1. The first-order chi connectivity index (χ1) is 20.1. The number of hydrogen-bond acceptors (Lipinski definition) is 8. The molecular weight excluding hydrogens is 514 g/mol. The number of pyridine rings is 1. The smallest absolute Gasteiger partial charge is 0.239 e. The second-order valence-electron chi connectivity index (χ2n) is 11.8. The fourth-order valence-electron chi connectivity index (χ4n) is 7.06. The largest absolute Gasteiger partial charge is 0.491 e. The highest BCUT2D eigenvalue weighted by Crippen LogP contribution is 2.35. The Labute approximate surface area is 241 Å². The maximum atomic E-state index is 12.8. The molecular formula is C32H37N7O2. The van der Waals surface area contributed by atoms with Crippen molar-refractivity contribution in [1.29, 1.82) is 5.26 Å². The molecule has 2 aromatic carbocycles. The Balaban J connectivity index is 1.05. The summed E-state index contributed by atoms with van der Waals surface area (Å²) in [6, 6.07) is 17.5. The standard InChI is InChI=1S/C32H37N7O2/c1-22-18-38(29-9-7-23(17-33)31-27(29)4-2-11-35-31)20-26-21-41-30-16-25(8-6-24(30)19-39(22)26)36-12-14-37(15-13-36)32(40)28-5-3-10-34-28/h2,4,6-9,11,16,22,26,28,34H,3,5,10,12-15,18-21H2,1H3/t22-,26-,28-/m0/s1. The van der Waals surface area contributed by atoms with Crippen LogP contribution in [-0.4, -0.2) is 91.2 Å². The van der Waals surface area contributed by atoms with Crippen molar-refractivity contribution in [2.24, 2.45) is 0 Å². The first-order valence-corrected chi connectivity index (χ1v) is 14.9. The summed E-state index contributed by atoms with van der Waals surface area (Å²) >= 11 is 0. The molecule has 5 heterocycles. The first kappa shape index (κ1) is 26.1. The van der Waals surface area contributed by atoms with E-state index in [0.29, 0.717) is 18.2 Å². The van der Waals surface area contributed by atoms with Crippen LogP contribution >= 0.6 is 0 Å². The van der Waals surface area contributed by atoms with Crippen molar-refractivity contribution < 1.29 is 9.53 Å². The number of aromatic nitrogens is 1. The molecule has 4 aliphatic rings. The molecule has 3 aromatic rings. The van der Waals surface area contributed by atoms with Crippen molar-refractivity contribution in [3.8, 4) is 11.8 Å². The van der Waals surface area contributed by atoms with Gasteiger partial charge in [-0.1, -0.05) is 6.07 Å². The molecule has 4 aliphatic heterocycles. The lowest BCUT2D eigenvalue weighted by Crippen LogP contribution is -2.58. The van der Waals surface area contributed by atoms with Crippen LogP contribution in [0.25, 0.3) is 10.9 Å². The molecule has 0 aliphatic carbocycles. The van der Waals surface area contributed by atoms with E-state index in [-0.39, 0.29) is 18.0 Å². The van der Waals surface area contributed by atoms with Crippen LogP contribution in [0.4, 0.5) is 11.4 Å². The van der Waals surface area contributed by atoms with Crippen molar-refractivity contribution in [1.82, 2.24) is 20.1 Å². The van der Waals surface area contributed by atoms with E-state index in [9.17, 15) is 10.1 Å². The van der Waals surface area contributed by atoms with Gasteiger partial charge >= 0.3 is 0 Å². The fraction of sp³-hybridized carbons (Fsp3) is 0.469. The average Bonchev–Trinajstić information content (AvgIpc) is 3.49. The van der Waals surface area contributed by atoms with Gasteiger partial charge in [-0.3, -0.25) is 14.7 Å². The molecule has 3 fully saturated rings. The Morgan fingerprint density at radius 3 is 2.78 bits per heavy atom. The maximum absolute atomic E-state index is 12.8. The number of rotatable bonds is 3. The summed E-state index contributed by atoms with van der Waals surface area (Å²) in [6.45, 7) is 9.69. The van der Waals surface area contributed by atoms with Gasteiger partial charge in [0.15, 0.2) is 0 Å². The highest BCUT2D eigenvalue weighted by Gasteiger charge is 2.36. The van der Waals surface area contributed by atoms with Crippen molar-refractivity contribution in [2.75, 3.05) is 62.2 Å². The van der Waals surface area contributed by atoms with Crippen molar-refractivity contribution in [2.45, 2.75) is 44.4 Å². The zero-order valence-electron chi connectivity index (χ0n) is 23.6. The molecule has 9 nitrogen and oxygen atoms in total.